The zero-order valence-corrected chi connectivity index (χ0v) is 18.4. The second kappa shape index (κ2) is 13.1. The van der Waals surface area contributed by atoms with E-state index in [1.807, 2.05) is 44.2 Å². The van der Waals surface area contributed by atoms with Crippen molar-refractivity contribution in [3.05, 3.63) is 58.1 Å². The molecule has 1 heterocycles. The third kappa shape index (κ3) is 8.51. The van der Waals surface area contributed by atoms with Gasteiger partial charge in [0.05, 0.1) is 24.3 Å². The topological polar surface area (TPSA) is 125 Å². The van der Waals surface area contributed by atoms with Gasteiger partial charge in [-0.05, 0) is 41.4 Å². The van der Waals surface area contributed by atoms with E-state index in [0.717, 1.165) is 5.56 Å². The molecule has 10 heteroatoms. The zero-order valence-electron chi connectivity index (χ0n) is 16.8. The van der Waals surface area contributed by atoms with E-state index >= 15 is 0 Å². The van der Waals surface area contributed by atoms with Crippen LogP contribution in [-0.4, -0.2) is 78.5 Å². The van der Waals surface area contributed by atoms with Crippen molar-refractivity contribution in [1.82, 2.24) is 14.9 Å². The number of nitrogens with zero attached hydrogens (tertiary/aromatic N) is 2. The molecule has 1 amide bonds. The number of rotatable bonds is 10. The number of carboxylic acid groups (broad SMARTS) is 1. The molecular formula is C21H27BrN3NaO5. The van der Waals surface area contributed by atoms with Crippen LogP contribution in [0, 0.1) is 0 Å². The SMILES string of the molecule is CC(C)n1c(C(=O)NCc2ccccc2)nc(Br)c1C=C[C@@H](O)C[C@@H](O)CC(=O)O.[NaH]. The van der Waals surface area contributed by atoms with E-state index in [4.69, 9.17) is 5.11 Å². The summed E-state index contributed by atoms with van der Waals surface area (Å²) in [6, 6.07) is 9.44. The van der Waals surface area contributed by atoms with Gasteiger partial charge in [0.1, 0.15) is 4.60 Å². The van der Waals surface area contributed by atoms with E-state index in [2.05, 4.69) is 26.2 Å². The van der Waals surface area contributed by atoms with Gasteiger partial charge in [0.2, 0.25) is 5.82 Å². The van der Waals surface area contributed by atoms with Gasteiger partial charge in [-0.3, -0.25) is 9.59 Å². The van der Waals surface area contributed by atoms with E-state index in [9.17, 15) is 19.8 Å². The van der Waals surface area contributed by atoms with Gasteiger partial charge in [-0.1, -0.05) is 36.4 Å². The minimum atomic E-state index is -1.15. The standard InChI is InChI=1S/C21H26BrN3O5.Na.H/c1-13(2)25-17(9-8-15(26)10-16(27)11-18(28)29)19(22)24-20(25)21(30)23-12-14-6-4-3-5-7-14;;/h3-9,13,15-16,26-27H,10-12H2,1-2H3,(H,23,30)(H,28,29);;/t15-,16-;;/m1../s1. The van der Waals surface area contributed by atoms with Crippen molar-refractivity contribution >= 4 is 63.4 Å². The molecular weight excluding hydrogens is 477 g/mol. The fourth-order valence-corrected chi connectivity index (χ4v) is 3.44. The summed E-state index contributed by atoms with van der Waals surface area (Å²) >= 11 is 3.36. The molecule has 31 heavy (non-hydrogen) atoms. The van der Waals surface area contributed by atoms with E-state index in [1.54, 1.807) is 10.6 Å². The molecule has 0 spiro atoms. The fourth-order valence-electron chi connectivity index (χ4n) is 2.95. The van der Waals surface area contributed by atoms with E-state index in [-0.39, 0.29) is 53.8 Å². The summed E-state index contributed by atoms with van der Waals surface area (Å²) in [5, 5.41) is 31.3. The van der Waals surface area contributed by atoms with E-state index in [0.29, 0.717) is 16.8 Å². The number of carbonyl (C=O) groups is 2. The van der Waals surface area contributed by atoms with Crippen molar-refractivity contribution in [2.24, 2.45) is 0 Å². The Hall–Kier alpha value is -1.49. The molecule has 0 saturated carbocycles. The van der Waals surface area contributed by atoms with Crippen LogP contribution in [0.2, 0.25) is 0 Å². The summed E-state index contributed by atoms with van der Waals surface area (Å²) in [5.41, 5.74) is 1.55. The number of imidazole rings is 1. The molecule has 164 valence electrons. The van der Waals surface area contributed by atoms with Crippen molar-refractivity contribution in [1.29, 1.82) is 0 Å². The van der Waals surface area contributed by atoms with Crippen molar-refractivity contribution in [3.63, 3.8) is 0 Å². The van der Waals surface area contributed by atoms with Crippen LogP contribution in [-0.2, 0) is 11.3 Å². The monoisotopic (exact) mass is 503 g/mol. The molecule has 8 nitrogen and oxygen atoms in total. The summed E-state index contributed by atoms with van der Waals surface area (Å²) in [4.78, 5) is 27.7. The Morgan fingerprint density at radius 2 is 1.87 bits per heavy atom. The number of carbonyl (C=O) groups excluding carboxylic acids is 1. The number of aliphatic hydroxyl groups excluding tert-OH is 2. The number of aromatic nitrogens is 2. The third-order valence-corrected chi connectivity index (χ3v) is 4.90. The van der Waals surface area contributed by atoms with Crippen LogP contribution in [0.3, 0.4) is 0 Å². The Labute approximate surface area is 211 Å². The maximum atomic E-state index is 12.7. The molecule has 0 saturated heterocycles. The molecule has 0 aliphatic carbocycles. The number of hydrogen-bond donors (Lipinski definition) is 4. The summed E-state index contributed by atoms with van der Waals surface area (Å²) in [7, 11) is 0. The summed E-state index contributed by atoms with van der Waals surface area (Å²) in [6.07, 6.45) is 0.294. The molecule has 1 aromatic carbocycles. The number of halogens is 1. The average Bonchev–Trinajstić information content (AvgIpc) is 3.01. The maximum absolute atomic E-state index is 12.7. The van der Waals surface area contributed by atoms with Crippen LogP contribution < -0.4 is 5.32 Å². The number of nitrogens with one attached hydrogen (secondary N) is 1. The number of aliphatic carboxylic acids is 1. The number of amides is 1. The van der Waals surface area contributed by atoms with Crippen LogP contribution >= 0.6 is 15.9 Å². The molecule has 2 rings (SSSR count). The van der Waals surface area contributed by atoms with Gasteiger partial charge >= 0.3 is 35.5 Å². The second-order valence-electron chi connectivity index (χ2n) is 7.16. The van der Waals surface area contributed by atoms with Gasteiger partial charge in [0, 0.05) is 19.0 Å². The number of hydrogen-bond acceptors (Lipinski definition) is 5. The number of carboxylic acids is 1. The van der Waals surface area contributed by atoms with Gasteiger partial charge < -0.3 is 25.2 Å². The first-order valence-corrected chi connectivity index (χ1v) is 10.3. The van der Waals surface area contributed by atoms with Crippen LogP contribution in [0.25, 0.3) is 6.08 Å². The van der Waals surface area contributed by atoms with Crippen molar-refractivity contribution in [3.8, 4) is 0 Å². The van der Waals surface area contributed by atoms with Crippen molar-refractivity contribution in [2.45, 2.75) is 51.5 Å². The first kappa shape index (κ1) is 27.5. The van der Waals surface area contributed by atoms with E-state index in [1.165, 1.54) is 6.08 Å². The summed E-state index contributed by atoms with van der Waals surface area (Å²) in [6.45, 7) is 4.19. The molecule has 0 radical (unpaired) electrons. The predicted octanol–water partition coefficient (Wildman–Crippen LogP) is 2.11. The Bertz CT molecular complexity index is 902. The predicted molar refractivity (Wildman–Crippen MR) is 123 cm³/mol. The van der Waals surface area contributed by atoms with Gasteiger partial charge in [-0.15, -0.1) is 0 Å². The third-order valence-electron chi connectivity index (χ3n) is 4.32. The van der Waals surface area contributed by atoms with Crippen LogP contribution in [0.1, 0.15) is 54.6 Å². The normalized spacial score (nSPS) is 13.1. The second-order valence-corrected chi connectivity index (χ2v) is 7.91. The molecule has 0 fully saturated rings. The summed E-state index contributed by atoms with van der Waals surface area (Å²) < 4.78 is 2.18. The fraction of sp³-hybridized carbons (Fsp3) is 0.381. The van der Waals surface area contributed by atoms with Gasteiger partial charge in [-0.2, -0.15) is 0 Å². The Morgan fingerprint density at radius 1 is 1.23 bits per heavy atom. The average molecular weight is 504 g/mol. The Kier molecular flexibility index (Phi) is 11.7. The zero-order chi connectivity index (χ0) is 22.3. The molecule has 0 aliphatic heterocycles. The molecule has 4 N–H and O–H groups in total. The van der Waals surface area contributed by atoms with Crippen molar-refractivity contribution in [2.75, 3.05) is 0 Å². The first-order chi connectivity index (χ1) is 14.2. The van der Waals surface area contributed by atoms with Gasteiger partial charge in [0.15, 0.2) is 0 Å². The Morgan fingerprint density at radius 3 is 2.45 bits per heavy atom. The number of benzene rings is 1. The molecule has 2 aromatic rings. The van der Waals surface area contributed by atoms with Gasteiger partial charge in [0.25, 0.3) is 5.91 Å². The first-order valence-electron chi connectivity index (χ1n) is 9.55. The molecule has 0 bridgehead atoms. The molecule has 0 unspecified atom stereocenters. The molecule has 1 aromatic heterocycles. The molecule has 0 aliphatic rings. The van der Waals surface area contributed by atoms with Gasteiger partial charge in [-0.25, -0.2) is 4.98 Å². The minimum absolute atomic E-state index is 0. The number of aliphatic hydroxyl groups is 2. The van der Waals surface area contributed by atoms with Crippen LogP contribution in [0.15, 0.2) is 41.0 Å². The van der Waals surface area contributed by atoms with Crippen LogP contribution in [0.5, 0.6) is 0 Å². The van der Waals surface area contributed by atoms with Crippen molar-refractivity contribution < 1.29 is 24.9 Å². The van der Waals surface area contributed by atoms with Crippen LogP contribution in [0.4, 0.5) is 0 Å². The summed E-state index contributed by atoms with van der Waals surface area (Å²) in [5.74, 6) is -1.23. The Balaban J connectivity index is 0.00000480. The van der Waals surface area contributed by atoms with E-state index < -0.39 is 24.6 Å². The molecule has 2 atom stereocenters. The quantitative estimate of drug-likeness (QED) is 0.368.